The van der Waals surface area contributed by atoms with E-state index in [1.54, 1.807) is 0 Å². The number of rotatable bonds is 5. The maximum atomic E-state index is 12.2. The molecule has 4 nitrogen and oxygen atoms in total. The molecule has 1 fully saturated rings. The monoisotopic (exact) mass is 443 g/mol. The van der Waals surface area contributed by atoms with Gasteiger partial charge in [-0.3, -0.25) is 0 Å². The van der Waals surface area contributed by atoms with Gasteiger partial charge in [-0.05, 0) is 0 Å². The molecular formula is C23H30AsNO3. The summed E-state index contributed by atoms with van der Waals surface area (Å²) in [5.74, 6) is 0.916. The zero-order valence-electron chi connectivity index (χ0n) is 17.0. The molecule has 3 rings (SSSR count). The van der Waals surface area contributed by atoms with Crippen molar-refractivity contribution in [3.63, 3.8) is 0 Å². The van der Waals surface area contributed by atoms with Crippen LogP contribution >= 0.6 is 0 Å². The van der Waals surface area contributed by atoms with Crippen LogP contribution in [0.2, 0.25) is 4.71 Å². The molecule has 1 aliphatic heterocycles. The summed E-state index contributed by atoms with van der Waals surface area (Å²) in [6.45, 7) is 7.95. The standard InChI is InChI=1S/C23H30AsNO3/c1-23(2,3)28-22(26)25-15-13-20(14-16-25)24-19-9-11-21(12-10-19)27-17-18-7-5-4-6-8-18/h4-12,20,24H,13-17H2,1-3H3. The molecule has 1 atom stereocenters. The van der Waals surface area contributed by atoms with Crippen molar-refractivity contribution in [1.29, 1.82) is 0 Å². The molecule has 2 aromatic rings. The first kappa shape index (κ1) is 20.8. The van der Waals surface area contributed by atoms with Gasteiger partial charge in [0.2, 0.25) is 0 Å². The average Bonchev–Trinajstić information content (AvgIpc) is 2.67. The predicted molar refractivity (Wildman–Crippen MR) is 115 cm³/mol. The van der Waals surface area contributed by atoms with E-state index in [4.69, 9.17) is 9.47 Å². The molecule has 28 heavy (non-hydrogen) atoms. The Morgan fingerprint density at radius 2 is 1.68 bits per heavy atom. The minimum atomic E-state index is -0.424. The molecule has 0 aliphatic carbocycles. The number of nitrogens with zero attached hydrogens (tertiary/aromatic N) is 1. The molecule has 150 valence electrons. The van der Waals surface area contributed by atoms with Crippen molar-refractivity contribution >= 4 is 26.2 Å². The van der Waals surface area contributed by atoms with Crippen LogP contribution in [0.15, 0.2) is 54.6 Å². The molecule has 1 saturated heterocycles. The van der Waals surface area contributed by atoms with Gasteiger partial charge in [0, 0.05) is 0 Å². The van der Waals surface area contributed by atoms with Crippen molar-refractivity contribution < 1.29 is 14.3 Å². The van der Waals surface area contributed by atoms with Gasteiger partial charge in [-0.2, -0.15) is 0 Å². The van der Waals surface area contributed by atoms with E-state index in [-0.39, 0.29) is 21.8 Å². The maximum absolute atomic E-state index is 12.2. The molecule has 1 heterocycles. The molecule has 0 bridgehead atoms. The van der Waals surface area contributed by atoms with Gasteiger partial charge in [0.25, 0.3) is 0 Å². The third-order valence-electron chi connectivity index (χ3n) is 4.62. The number of ether oxygens (including phenoxy) is 2. The summed E-state index contributed by atoms with van der Waals surface area (Å²) in [6.07, 6.45) is 1.97. The molecule has 0 spiro atoms. The predicted octanol–water partition coefficient (Wildman–Crippen LogP) is 4.15. The van der Waals surface area contributed by atoms with Gasteiger partial charge in [0.15, 0.2) is 0 Å². The Balaban J connectivity index is 1.43. The number of benzene rings is 2. The fourth-order valence-electron chi connectivity index (χ4n) is 3.16. The van der Waals surface area contributed by atoms with E-state index < -0.39 is 5.60 Å². The second-order valence-corrected chi connectivity index (χ2v) is 11.7. The molecule has 0 aromatic heterocycles. The number of carbonyl (C=O) groups is 1. The van der Waals surface area contributed by atoms with E-state index in [0.717, 1.165) is 36.4 Å². The summed E-state index contributed by atoms with van der Waals surface area (Å²) in [5.41, 5.74) is 0.753. The normalized spacial score (nSPS) is 15.8. The van der Waals surface area contributed by atoms with E-state index in [1.165, 1.54) is 9.91 Å². The van der Waals surface area contributed by atoms with Crippen molar-refractivity contribution in [2.45, 2.75) is 50.5 Å². The summed E-state index contributed by atoms with van der Waals surface area (Å²) < 4.78 is 13.5. The quantitative estimate of drug-likeness (QED) is 0.652. The van der Waals surface area contributed by atoms with E-state index in [0.29, 0.717) is 6.61 Å². The molecule has 5 heteroatoms. The summed E-state index contributed by atoms with van der Waals surface area (Å²) in [4.78, 5) is 14.0. The molecule has 1 amide bonds. The van der Waals surface area contributed by atoms with Crippen LogP contribution < -0.4 is 9.09 Å². The van der Waals surface area contributed by atoms with Crippen molar-refractivity contribution in [2.75, 3.05) is 13.1 Å². The van der Waals surface area contributed by atoms with Crippen LogP contribution in [0.3, 0.4) is 0 Å². The van der Waals surface area contributed by atoms with Crippen LogP contribution in [0.4, 0.5) is 4.79 Å². The van der Waals surface area contributed by atoms with Crippen molar-refractivity contribution in [3.8, 4) is 5.75 Å². The van der Waals surface area contributed by atoms with Crippen LogP contribution in [0.5, 0.6) is 5.75 Å². The van der Waals surface area contributed by atoms with Crippen LogP contribution in [0, 0.1) is 0 Å². The third-order valence-corrected chi connectivity index (χ3v) is 8.09. The molecule has 1 aliphatic rings. The van der Waals surface area contributed by atoms with E-state index in [2.05, 4.69) is 36.4 Å². The first-order chi connectivity index (χ1) is 13.4. The number of piperidine rings is 1. The minimum absolute atomic E-state index is 0.175. The van der Waals surface area contributed by atoms with Crippen LogP contribution in [-0.2, 0) is 11.3 Å². The number of carbonyl (C=O) groups excluding carboxylic acids is 1. The van der Waals surface area contributed by atoms with Crippen LogP contribution in [0.25, 0.3) is 0 Å². The van der Waals surface area contributed by atoms with E-state index in [1.807, 2.05) is 43.9 Å². The molecule has 2 aromatic carbocycles. The Kier molecular flexibility index (Phi) is 7.07. The molecule has 1 unspecified atom stereocenters. The molecule has 0 saturated carbocycles. The van der Waals surface area contributed by atoms with Gasteiger partial charge in [0.1, 0.15) is 0 Å². The van der Waals surface area contributed by atoms with Gasteiger partial charge < -0.3 is 0 Å². The topological polar surface area (TPSA) is 38.8 Å². The van der Waals surface area contributed by atoms with Crippen LogP contribution in [0.1, 0.15) is 39.2 Å². The van der Waals surface area contributed by atoms with Crippen molar-refractivity contribution in [2.24, 2.45) is 0 Å². The van der Waals surface area contributed by atoms with Gasteiger partial charge in [0.05, 0.1) is 0 Å². The van der Waals surface area contributed by atoms with Gasteiger partial charge in [-0.25, -0.2) is 0 Å². The van der Waals surface area contributed by atoms with Crippen LogP contribution in [-0.4, -0.2) is 45.4 Å². The summed E-state index contributed by atoms with van der Waals surface area (Å²) >= 11 is -0.213. The molecule has 0 radical (unpaired) electrons. The third kappa shape index (κ3) is 6.60. The molecular weight excluding hydrogens is 413 g/mol. The fraction of sp³-hybridized carbons (Fsp3) is 0.435. The van der Waals surface area contributed by atoms with Gasteiger partial charge in [-0.1, -0.05) is 0 Å². The molecule has 0 N–H and O–H groups in total. The van der Waals surface area contributed by atoms with Gasteiger partial charge >= 0.3 is 175 Å². The Morgan fingerprint density at radius 1 is 1.04 bits per heavy atom. The Labute approximate surface area is 174 Å². The zero-order valence-corrected chi connectivity index (χ0v) is 19.1. The van der Waals surface area contributed by atoms with Crippen molar-refractivity contribution in [3.05, 3.63) is 60.2 Å². The number of hydrogen-bond acceptors (Lipinski definition) is 3. The summed E-state index contributed by atoms with van der Waals surface area (Å²) in [5, 5.41) is 0. The number of likely N-dealkylation sites (tertiary alicyclic amines) is 1. The zero-order chi connectivity index (χ0) is 20.0. The number of amides is 1. The summed E-state index contributed by atoms with van der Waals surface area (Å²) in [7, 11) is 0. The first-order valence-electron chi connectivity index (χ1n) is 9.90. The number of hydrogen-bond donors (Lipinski definition) is 0. The Hall–Kier alpha value is -1.93. The second-order valence-electron chi connectivity index (χ2n) is 8.18. The first-order valence-corrected chi connectivity index (χ1v) is 12.2. The van der Waals surface area contributed by atoms with E-state index in [9.17, 15) is 4.79 Å². The van der Waals surface area contributed by atoms with E-state index >= 15 is 0 Å². The van der Waals surface area contributed by atoms with Crippen molar-refractivity contribution in [1.82, 2.24) is 4.90 Å². The Morgan fingerprint density at radius 3 is 2.29 bits per heavy atom. The second kappa shape index (κ2) is 9.51. The fourth-order valence-corrected chi connectivity index (χ4v) is 6.05. The van der Waals surface area contributed by atoms with Gasteiger partial charge in [-0.15, -0.1) is 0 Å². The summed E-state index contributed by atoms with van der Waals surface area (Å²) in [6, 6.07) is 18.8. The Bertz CT molecular complexity index is 748. The average molecular weight is 443 g/mol. The SMILES string of the molecule is CC(C)(C)OC(=O)N1CCC([AsH]c2ccc(OCc3ccccc3)cc2)CC1.